The molecule has 0 atom stereocenters. The van der Waals surface area contributed by atoms with E-state index >= 15 is 0 Å². The molecule has 1 aromatic carbocycles. The molecule has 3 aromatic rings. The van der Waals surface area contributed by atoms with Crippen molar-refractivity contribution in [3.05, 3.63) is 47.8 Å². The topological polar surface area (TPSA) is 72.0 Å². The van der Waals surface area contributed by atoms with E-state index in [1.807, 2.05) is 30.3 Å². The third kappa shape index (κ3) is 4.36. The Bertz CT molecular complexity index is 870. The molecule has 0 amide bonds. The maximum absolute atomic E-state index is 5.33. The smallest absolute Gasteiger partial charge is 0.264 e. The van der Waals surface area contributed by atoms with Crippen LogP contribution in [0.1, 0.15) is 31.7 Å². The lowest BCUT2D eigenvalue weighted by atomic mass is 10.2. The number of aromatic nitrogens is 4. The molecule has 0 fully saturated rings. The van der Waals surface area contributed by atoms with Crippen molar-refractivity contribution in [2.75, 3.05) is 18.4 Å². The van der Waals surface area contributed by atoms with E-state index in [2.05, 4.69) is 45.0 Å². The van der Waals surface area contributed by atoms with Crippen molar-refractivity contribution >= 4 is 5.95 Å². The molecule has 0 saturated heterocycles. The summed E-state index contributed by atoms with van der Waals surface area (Å²) in [5.74, 6) is 1.68. The molecule has 7 nitrogen and oxygen atoms in total. The molecule has 1 aliphatic heterocycles. The molecule has 27 heavy (non-hydrogen) atoms. The summed E-state index contributed by atoms with van der Waals surface area (Å²) in [7, 11) is 0. The molecule has 0 unspecified atom stereocenters. The molecule has 142 valence electrons. The molecule has 2 aromatic heterocycles. The predicted molar refractivity (Wildman–Crippen MR) is 104 cm³/mol. The average molecular weight is 366 g/mol. The van der Waals surface area contributed by atoms with Gasteiger partial charge in [0.15, 0.2) is 0 Å². The first-order valence-corrected chi connectivity index (χ1v) is 9.58. The second kappa shape index (κ2) is 7.92. The number of aryl methyl sites for hydroxylation is 1. The van der Waals surface area contributed by atoms with E-state index in [-0.39, 0.29) is 0 Å². The van der Waals surface area contributed by atoms with Crippen LogP contribution in [-0.2, 0) is 19.6 Å². The highest BCUT2D eigenvalue weighted by Crippen LogP contribution is 2.19. The second-order valence-corrected chi connectivity index (χ2v) is 7.48. The van der Waals surface area contributed by atoms with Gasteiger partial charge >= 0.3 is 0 Å². The largest absolute Gasteiger partial charge is 0.346 e. The second-order valence-electron chi connectivity index (χ2n) is 7.48. The minimum Gasteiger partial charge on any atom is -0.346 e. The normalized spacial score (nSPS) is 14.9. The van der Waals surface area contributed by atoms with Gasteiger partial charge in [0.2, 0.25) is 0 Å². The predicted octanol–water partition coefficient (Wildman–Crippen LogP) is 3.41. The maximum atomic E-state index is 5.33. The average Bonchev–Trinajstić information content (AvgIpc) is 3.23. The van der Waals surface area contributed by atoms with E-state index in [4.69, 9.17) is 9.62 Å². The van der Waals surface area contributed by atoms with Gasteiger partial charge in [0.25, 0.3) is 11.8 Å². The molecule has 4 rings (SSSR count). The van der Waals surface area contributed by atoms with Gasteiger partial charge < -0.3 is 9.84 Å². The van der Waals surface area contributed by atoms with Gasteiger partial charge in [0.1, 0.15) is 0 Å². The van der Waals surface area contributed by atoms with Crippen LogP contribution in [0.3, 0.4) is 0 Å². The minimum atomic E-state index is 0.485. The van der Waals surface area contributed by atoms with Gasteiger partial charge in [0.05, 0.1) is 17.9 Å². The summed E-state index contributed by atoms with van der Waals surface area (Å²) >= 11 is 0. The highest BCUT2D eigenvalue weighted by Gasteiger charge is 2.17. The van der Waals surface area contributed by atoms with Crippen molar-refractivity contribution in [3.63, 3.8) is 0 Å². The number of nitrogens with zero attached hydrogens (tertiary/aromatic N) is 5. The van der Waals surface area contributed by atoms with Crippen LogP contribution in [0, 0.1) is 5.92 Å². The zero-order chi connectivity index (χ0) is 18.6. The highest BCUT2D eigenvalue weighted by molar-refractivity contribution is 5.53. The first kappa shape index (κ1) is 17.7. The molecular formula is C20H26N6O. The number of hydrogen-bond donors (Lipinski definition) is 1. The summed E-state index contributed by atoms with van der Waals surface area (Å²) in [5.41, 5.74) is 3.20. The molecule has 0 aliphatic carbocycles. The van der Waals surface area contributed by atoms with Crippen LogP contribution in [0.4, 0.5) is 5.95 Å². The van der Waals surface area contributed by atoms with Gasteiger partial charge in [-0.25, -0.2) is 0 Å². The van der Waals surface area contributed by atoms with Crippen molar-refractivity contribution in [1.29, 1.82) is 0 Å². The summed E-state index contributed by atoms with van der Waals surface area (Å²) in [6.07, 6.45) is 1.14. The summed E-state index contributed by atoms with van der Waals surface area (Å²) in [4.78, 5) is 6.93. The third-order valence-corrected chi connectivity index (χ3v) is 4.64. The van der Waals surface area contributed by atoms with Gasteiger partial charge in [-0.2, -0.15) is 10.1 Å². The van der Waals surface area contributed by atoms with Crippen LogP contribution < -0.4 is 5.32 Å². The minimum absolute atomic E-state index is 0.485. The number of fused-ring (bicyclic) bond motifs is 1. The molecule has 0 spiro atoms. The first-order valence-electron chi connectivity index (χ1n) is 9.58. The van der Waals surface area contributed by atoms with E-state index < -0.39 is 0 Å². The summed E-state index contributed by atoms with van der Waals surface area (Å²) in [6.45, 7) is 9.33. The molecular weight excluding hydrogens is 340 g/mol. The van der Waals surface area contributed by atoms with Crippen molar-refractivity contribution in [1.82, 2.24) is 24.8 Å². The monoisotopic (exact) mass is 366 g/mol. The van der Waals surface area contributed by atoms with Crippen molar-refractivity contribution in [3.8, 4) is 11.5 Å². The summed E-state index contributed by atoms with van der Waals surface area (Å²) in [6, 6.07) is 12.0. The van der Waals surface area contributed by atoms with Gasteiger partial charge in [-0.1, -0.05) is 32.0 Å². The summed E-state index contributed by atoms with van der Waals surface area (Å²) in [5, 5.41) is 12.0. The lowest BCUT2D eigenvalue weighted by Gasteiger charge is -2.21. The Morgan fingerprint density at radius 3 is 2.85 bits per heavy atom. The quantitative estimate of drug-likeness (QED) is 0.721. The fraction of sp³-hybridized carbons (Fsp3) is 0.450. The van der Waals surface area contributed by atoms with Crippen LogP contribution >= 0.6 is 0 Å². The van der Waals surface area contributed by atoms with Crippen molar-refractivity contribution in [2.45, 2.75) is 39.9 Å². The standard InChI is InChI=1S/C20H26N6O/c1-15(2)13-25-9-6-10-26-18(14-25)11-17(23-26)12-21-20-22-19(27-24-20)16-7-4-3-5-8-16/h3-5,7-8,11,15H,6,9-10,12-14H2,1-2H3,(H,21,24). The van der Waals surface area contributed by atoms with E-state index in [1.54, 1.807) is 0 Å². The molecule has 0 bridgehead atoms. The molecule has 1 aliphatic rings. The molecule has 3 heterocycles. The van der Waals surface area contributed by atoms with E-state index in [1.165, 1.54) is 5.69 Å². The third-order valence-electron chi connectivity index (χ3n) is 4.64. The van der Waals surface area contributed by atoms with Crippen LogP contribution in [0.2, 0.25) is 0 Å². The lowest BCUT2D eigenvalue weighted by Crippen LogP contribution is -2.27. The maximum Gasteiger partial charge on any atom is 0.264 e. The molecule has 1 N–H and O–H groups in total. The summed E-state index contributed by atoms with van der Waals surface area (Å²) < 4.78 is 7.47. The van der Waals surface area contributed by atoms with Crippen molar-refractivity contribution < 1.29 is 4.52 Å². The van der Waals surface area contributed by atoms with Crippen molar-refractivity contribution in [2.24, 2.45) is 5.92 Å². The molecule has 0 saturated carbocycles. The first-order chi connectivity index (χ1) is 13.2. The Labute approximate surface area is 159 Å². The molecule has 7 heteroatoms. The fourth-order valence-electron chi connectivity index (χ4n) is 3.51. The van der Waals surface area contributed by atoms with E-state index in [9.17, 15) is 0 Å². The van der Waals surface area contributed by atoms with Gasteiger partial charge in [-0.3, -0.25) is 9.58 Å². The zero-order valence-corrected chi connectivity index (χ0v) is 15.9. The van der Waals surface area contributed by atoms with Crippen LogP contribution in [-0.4, -0.2) is 37.9 Å². The van der Waals surface area contributed by atoms with E-state index in [0.29, 0.717) is 24.3 Å². The number of rotatable bonds is 6. The number of benzene rings is 1. The fourth-order valence-corrected chi connectivity index (χ4v) is 3.51. The van der Waals surface area contributed by atoms with Gasteiger partial charge in [0, 0.05) is 31.7 Å². The van der Waals surface area contributed by atoms with Crippen LogP contribution in [0.25, 0.3) is 11.5 Å². The number of anilines is 1. The zero-order valence-electron chi connectivity index (χ0n) is 15.9. The number of nitrogens with one attached hydrogen (secondary N) is 1. The highest BCUT2D eigenvalue weighted by atomic mass is 16.5. The van der Waals surface area contributed by atoms with Crippen LogP contribution in [0.5, 0.6) is 0 Å². The Morgan fingerprint density at radius 2 is 2.04 bits per heavy atom. The Hall–Kier alpha value is -2.67. The van der Waals surface area contributed by atoms with Gasteiger partial charge in [-0.05, 0) is 35.7 Å². The Balaban J connectivity index is 1.39. The van der Waals surface area contributed by atoms with Crippen LogP contribution in [0.15, 0.2) is 40.9 Å². The Morgan fingerprint density at radius 1 is 1.19 bits per heavy atom. The lowest BCUT2D eigenvalue weighted by molar-refractivity contribution is 0.239. The SMILES string of the molecule is CC(C)CN1CCCn2nc(CNc3noc(-c4ccccc4)n3)cc2C1. The van der Waals surface area contributed by atoms with E-state index in [0.717, 1.165) is 43.9 Å². The Kier molecular flexibility index (Phi) is 5.20. The molecule has 0 radical (unpaired) electrons. The number of hydrogen-bond acceptors (Lipinski definition) is 6. The van der Waals surface area contributed by atoms with Gasteiger partial charge in [-0.15, -0.1) is 0 Å².